The molecule has 0 aliphatic carbocycles. The summed E-state index contributed by atoms with van der Waals surface area (Å²) in [5.74, 6) is 0.488. The predicted octanol–water partition coefficient (Wildman–Crippen LogP) is 2.66. The molecule has 3 nitrogen and oxygen atoms in total. The fourth-order valence-electron chi connectivity index (χ4n) is 2.21. The lowest BCUT2D eigenvalue weighted by Crippen LogP contribution is -2.26. The summed E-state index contributed by atoms with van der Waals surface area (Å²) in [5.41, 5.74) is 4.75. The molecular formula is C13H17F3N2O. The fraction of sp³-hybridized carbons (Fsp3) is 0.538. The van der Waals surface area contributed by atoms with Crippen molar-refractivity contribution in [2.75, 3.05) is 18.9 Å². The van der Waals surface area contributed by atoms with Crippen LogP contribution in [0.15, 0.2) is 18.2 Å². The fourth-order valence-corrected chi connectivity index (χ4v) is 2.21. The Hall–Kier alpha value is -1.43. The van der Waals surface area contributed by atoms with Gasteiger partial charge in [0.15, 0.2) is 0 Å². The van der Waals surface area contributed by atoms with E-state index in [1.165, 1.54) is 6.07 Å². The standard InChI is InChI=1S/C13H17F3N2O/c1-8-9(2-3-18-8)7-19-12-5-10(13(14,15)16)4-11(17)6-12/h4-6,8-9,18H,2-3,7,17H2,1H3. The van der Waals surface area contributed by atoms with Crippen LogP contribution in [0.2, 0.25) is 0 Å². The average molecular weight is 274 g/mol. The third-order valence-electron chi connectivity index (χ3n) is 3.41. The van der Waals surface area contributed by atoms with E-state index in [0.29, 0.717) is 18.6 Å². The lowest BCUT2D eigenvalue weighted by molar-refractivity contribution is -0.137. The molecule has 6 heteroatoms. The number of nitrogens with one attached hydrogen (secondary N) is 1. The molecule has 3 N–H and O–H groups in total. The molecule has 1 heterocycles. The van der Waals surface area contributed by atoms with E-state index >= 15 is 0 Å². The van der Waals surface area contributed by atoms with Crippen molar-refractivity contribution in [1.29, 1.82) is 0 Å². The number of ether oxygens (including phenoxy) is 1. The SMILES string of the molecule is CC1NCCC1COc1cc(N)cc(C(F)(F)F)c1. The largest absolute Gasteiger partial charge is 0.493 e. The maximum Gasteiger partial charge on any atom is 0.416 e. The molecule has 1 aromatic carbocycles. The topological polar surface area (TPSA) is 47.3 Å². The molecule has 0 bridgehead atoms. The lowest BCUT2D eigenvalue weighted by atomic mass is 10.0. The molecule has 0 saturated carbocycles. The van der Waals surface area contributed by atoms with E-state index in [1.807, 2.05) is 6.92 Å². The molecule has 1 saturated heterocycles. The van der Waals surface area contributed by atoms with Gasteiger partial charge in [0.2, 0.25) is 0 Å². The van der Waals surface area contributed by atoms with Gasteiger partial charge in [-0.2, -0.15) is 13.2 Å². The zero-order valence-electron chi connectivity index (χ0n) is 10.6. The third-order valence-corrected chi connectivity index (χ3v) is 3.41. The summed E-state index contributed by atoms with van der Waals surface area (Å²) in [6, 6.07) is 3.64. The van der Waals surface area contributed by atoms with Crippen molar-refractivity contribution in [2.45, 2.75) is 25.6 Å². The van der Waals surface area contributed by atoms with Gasteiger partial charge in [-0.25, -0.2) is 0 Å². The van der Waals surface area contributed by atoms with Crippen molar-refractivity contribution in [2.24, 2.45) is 5.92 Å². The Morgan fingerprint density at radius 1 is 1.37 bits per heavy atom. The molecular weight excluding hydrogens is 257 g/mol. The molecule has 0 spiro atoms. The second-order valence-corrected chi connectivity index (χ2v) is 4.89. The van der Waals surface area contributed by atoms with Crippen molar-refractivity contribution in [3.8, 4) is 5.75 Å². The van der Waals surface area contributed by atoms with Crippen LogP contribution < -0.4 is 15.8 Å². The van der Waals surface area contributed by atoms with Gasteiger partial charge in [-0.1, -0.05) is 0 Å². The minimum absolute atomic E-state index is 0.0578. The number of anilines is 1. The Labute approximate surface area is 109 Å². The number of nitrogens with two attached hydrogens (primary N) is 1. The van der Waals surface area contributed by atoms with Crippen LogP contribution in [0.5, 0.6) is 5.75 Å². The highest BCUT2D eigenvalue weighted by Crippen LogP contribution is 2.33. The summed E-state index contributed by atoms with van der Waals surface area (Å²) in [6.45, 7) is 3.36. The highest BCUT2D eigenvalue weighted by molar-refractivity contribution is 5.48. The normalized spacial score (nSPS) is 23.6. The molecule has 1 aliphatic heterocycles. The van der Waals surface area contributed by atoms with Crippen LogP contribution in [0.25, 0.3) is 0 Å². The van der Waals surface area contributed by atoms with Gasteiger partial charge in [-0.05, 0) is 32.0 Å². The van der Waals surface area contributed by atoms with Gasteiger partial charge in [0.25, 0.3) is 0 Å². The zero-order valence-corrected chi connectivity index (χ0v) is 10.6. The van der Waals surface area contributed by atoms with E-state index in [4.69, 9.17) is 10.5 Å². The number of benzene rings is 1. The molecule has 2 unspecified atom stereocenters. The van der Waals surface area contributed by atoms with Gasteiger partial charge >= 0.3 is 6.18 Å². The predicted molar refractivity (Wildman–Crippen MR) is 66.9 cm³/mol. The number of halogens is 3. The van der Waals surface area contributed by atoms with Gasteiger partial charge in [0.05, 0.1) is 12.2 Å². The van der Waals surface area contributed by atoms with Gasteiger partial charge in [0, 0.05) is 23.7 Å². The average Bonchev–Trinajstić information content (AvgIpc) is 2.70. The molecule has 2 atom stereocenters. The summed E-state index contributed by atoms with van der Waals surface area (Å²) in [6.07, 6.45) is -3.44. The minimum Gasteiger partial charge on any atom is -0.493 e. The highest BCUT2D eigenvalue weighted by atomic mass is 19.4. The first-order valence-electron chi connectivity index (χ1n) is 6.20. The maximum absolute atomic E-state index is 12.6. The first kappa shape index (κ1) is 14.0. The molecule has 1 aromatic rings. The van der Waals surface area contributed by atoms with E-state index < -0.39 is 11.7 Å². The second kappa shape index (κ2) is 5.28. The van der Waals surface area contributed by atoms with Crippen LogP contribution in [-0.2, 0) is 6.18 Å². The number of hydrogen-bond acceptors (Lipinski definition) is 3. The van der Waals surface area contributed by atoms with Crippen LogP contribution in [0.4, 0.5) is 18.9 Å². The number of hydrogen-bond donors (Lipinski definition) is 2. The summed E-state index contributed by atoms with van der Waals surface area (Å²) in [4.78, 5) is 0. The summed E-state index contributed by atoms with van der Waals surface area (Å²) in [5, 5.41) is 3.27. The molecule has 19 heavy (non-hydrogen) atoms. The van der Waals surface area contributed by atoms with E-state index in [0.717, 1.165) is 25.1 Å². The highest BCUT2D eigenvalue weighted by Gasteiger charge is 2.31. The van der Waals surface area contributed by atoms with E-state index in [1.54, 1.807) is 0 Å². The van der Waals surface area contributed by atoms with Gasteiger partial charge in [0.1, 0.15) is 5.75 Å². The van der Waals surface area contributed by atoms with Crippen LogP contribution in [0, 0.1) is 5.92 Å². The Bertz CT molecular complexity index is 448. The molecule has 106 valence electrons. The molecule has 1 aliphatic rings. The number of nitrogen functional groups attached to an aromatic ring is 1. The van der Waals surface area contributed by atoms with E-state index in [2.05, 4.69) is 5.32 Å². The quantitative estimate of drug-likeness (QED) is 0.833. The first-order valence-corrected chi connectivity index (χ1v) is 6.20. The van der Waals surface area contributed by atoms with Crippen molar-refractivity contribution in [3.05, 3.63) is 23.8 Å². The van der Waals surface area contributed by atoms with Gasteiger partial charge in [-0.3, -0.25) is 0 Å². The van der Waals surface area contributed by atoms with Crippen LogP contribution in [0.3, 0.4) is 0 Å². The van der Waals surface area contributed by atoms with Crippen molar-refractivity contribution < 1.29 is 17.9 Å². The number of rotatable bonds is 3. The Morgan fingerprint density at radius 2 is 2.11 bits per heavy atom. The Morgan fingerprint density at radius 3 is 2.68 bits per heavy atom. The molecule has 1 fully saturated rings. The van der Waals surface area contributed by atoms with Crippen LogP contribution >= 0.6 is 0 Å². The molecule has 0 aromatic heterocycles. The first-order chi connectivity index (χ1) is 8.86. The maximum atomic E-state index is 12.6. The third kappa shape index (κ3) is 3.53. The Balaban J connectivity index is 2.06. The molecule has 2 rings (SSSR count). The smallest absolute Gasteiger partial charge is 0.416 e. The number of alkyl halides is 3. The van der Waals surface area contributed by atoms with Crippen LogP contribution in [-0.4, -0.2) is 19.2 Å². The molecule has 0 radical (unpaired) electrons. The van der Waals surface area contributed by atoms with Crippen molar-refractivity contribution in [3.63, 3.8) is 0 Å². The summed E-state index contributed by atoms with van der Waals surface area (Å²) in [7, 11) is 0. The monoisotopic (exact) mass is 274 g/mol. The zero-order chi connectivity index (χ0) is 14.0. The Kier molecular flexibility index (Phi) is 3.89. The van der Waals surface area contributed by atoms with Crippen molar-refractivity contribution >= 4 is 5.69 Å². The lowest BCUT2D eigenvalue weighted by Gasteiger charge is -2.17. The van der Waals surface area contributed by atoms with Crippen molar-refractivity contribution in [1.82, 2.24) is 5.32 Å². The summed E-state index contributed by atoms with van der Waals surface area (Å²) >= 11 is 0. The van der Waals surface area contributed by atoms with E-state index in [-0.39, 0.29) is 11.4 Å². The van der Waals surface area contributed by atoms with E-state index in [9.17, 15) is 13.2 Å². The molecule has 0 amide bonds. The van der Waals surface area contributed by atoms with Gasteiger partial charge in [-0.15, -0.1) is 0 Å². The van der Waals surface area contributed by atoms with Crippen LogP contribution in [0.1, 0.15) is 18.9 Å². The van der Waals surface area contributed by atoms with Gasteiger partial charge < -0.3 is 15.8 Å². The summed E-state index contributed by atoms with van der Waals surface area (Å²) < 4.78 is 43.3. The minimum atomic E-state index is -4.41. The second-order valence-electron chi connectivity index (χ2n) is 4.89.